The number of nitrogens with one attached hydrogen (secondary N) is 2. The van der Waals surface area contributed by atoms with Gasteiger partial charge < -0.3 is 9.73 Å². The molecule has 2 aliphatic rings. The topological polar surface area (TPSA) is 43.7 Å². The number of benzene rings is 7. The Morgan fingerprint density at radius 3 is 2.07 bits per heavy atom. The molecular formula is C51H42N4O. The summed E-state index contributed by atoms with van der Waals surface area (Å²) >= 11 is 0. The van der Waals surface area contributed by atoms with Crippen LogP contribution in [0.1, 0.15) is 40.8 Å². The van der Waals surface area contributed by atoms with Gasteiger partial charge in [-0.05, 0) is 58.5 Å². The van der Waals surface area contributed by atoms with Gasteiger partial charge in [-0.25, -0.2) is 10.4 Å². The summed E-state index contributed by atoms with van der Waals surface area (Å²) in [6.07, 6.45) is 9.88. The highest BCUT2D eigenvalue weighted by atomic mass is 16.3. The summed E-state index contributed by atoms with van der Waals surface area (Å²) < 4.78 is 6.83. The number of hydrogen-bond donors (Lipinski definition) is 2. The zero-order valence-corrected chi connectivity index (χ0v) is 31.1. The minimum absolute atomic E-state index is 0.114. The van der Waals surface area contributed by atoms with Gasteiger partial charge in [-0.1, -0.05) is 170 Å². The Kier molecular flexibility index (Phi) is 9.09. The van der Waals surface area contributed by atoms with Crippen molar-refractivity contribution in [2.45, 2.75) is 31.6 Å². The second-order valence-corrected chi connectivity index (χ2v) is 14.7. The Bertz CT molecular complexity index is 2680. The molecule has 1 aliphatic heterocycles. The normalized spacial score (nSPS) is 17.0. The second-order valence-electron chi connectivity index (χ2n) is 14.7. The molecule has 0 radical (unpaired) electrons. The summed E-state index contributed by atoms with van der Waals surface area (Å²) in [6, 6.07) is 60.5. The van der Waals surface area contributed by atoms with Crippen LogP contribution in [0.15, 0.2) is 199 Å². The number of anilines is 2. The number of fused-ring (bicyclic) bond motifs is 3. The van der Waals surface area contributed by atoms with Crippen molar-refractivity contribution in [3.63, 3.8) is 0 Å². The van der Waals surface area contributed by atoms with Crippen LogP contribution < -0.4 is 10.7 Å². The van der Waals surface area contributed by atoms with E-state index in [9.17, 15) is 0 Å². The highest BCUT2D eigenvalue weighted by Crippen LogP contribution is 2.42. The fourth-order valence-corrected chi connectivity index (χ4v) is 8.20. The molecule has 0 amide bonds. The number of allylic oxidation sites excluding steroid dienone is 4. The van der Waals surface area contributed by atoms with E-state index in [1.165, 1.54) is 22.3 Å². The Morgan fingerprint density at radius 1 is 0.589 bits per heavy atom. The Balaban J connectivity index is 0.942. The SMILES string of the molecule is C1=CCC(c2cccc3c2oc2c(-c4ccc(Nc5ccc(CN6C(c7ccccc7)NN6Cc6ccccc6)cc5)c(-c5ccccc5)c4)cccc23)C=C1. The molecule has 2 heterocycles. The van der Waals surface area contributed by atoms with Crippen molar-refractivity contribution in [3.8, 4) is 22.3 Å². The number of hydrogen-bond acceptors (Lipinski definition) is 5. The van der Waals surface area contributed by atoms with E-state index in [-0.39, 0.29) is 6.17 Å². The molecule has 8 aromatic rings. The Morgan fingerprint density at radius 2 is 1.30 bits per heavy atom. The fraction of sp³-hybridized carbons (Fsp3) is 0.0980. The summed E-state index contributed by atoms with van der Waals surface area (Å²) in [4.78, 5) is 0. The third-order valence-corrected chi connectivity index (χ3v) is 11.1. The molecule has 2 N–H and O–H groups in total. The predicted octanol–water partition coefficient (Wildman–Crippen LogP) is 12.7. The van der Waals surface area contributed by atoms with Crippen molar-refractivity contribution in [2.24, 2.45) is 0 Å². The van der Waals surface area contributed by atoms with Gasteiger partial charge >= 0.3 is 0 Å². The quantitative estimate of drug-likeness (QED) is 0.147. The maximum atomic E-state index is 6.83. The van der Waals surface area contributed by atoms with Crippen LogP contribution in [0, 0.1) is 0 Å². The molecule has 1 fully saturated rings. The fourth-order valence-electron chi connectivity index (χ4n) is 8.20. The van der Waals surface area contributed by atoms with Gasteiger partial charge in [0.25, 0.3) is 0 Å². The smallest absolute Gasteiger partial charge is 0.143 e. The first-order valence-electron chi connectivity index (χ1n) is 19.5. The van der Waals surface area contributed by atoms with Crippen molar-refractivity contribution in [2.75, 3.05) is 5.32 Å². The summed E-state index contributed by atoms with van der Waals surface area (Å²) in [6.45, 7) is 1.58. The monoisotopic (exact) mass is 726 g/mol. The zero-order chi connectivity index (χ0) is 37.3. The van der Waals surface area contributed by atoms with Crippen LogP contribution in [0.4, 0.5) is 11.4 Å². The lowest BCUT2D eigenvalue weighted by Crippen LogP contribution is -2.66. The third-order valence-electron chi connectivity index (χ3n) is 11.1. The van der Waals surface area contributed by atoms with E-state index in [1.807, 2.05) is 0 Å². The van der Waals surface area contributed by atoms with Gasteiger partial charge in [-0.3, -0.25) is 0 Å². The van der Waals surface area contributed by atoms with Crippen LogP contribution in [0.3, 0.4) is 0 Å². The van der Waals surface area contributed by atoms with E-state index in [0.717, 1.165) is 75.1 Å². The molecule has 56 heavy (non-hydrogen) atoms. The van der Waals surface area contributed by atoms with Gasteiger partial charge in [-0.15, -0.1) is 0 Å². The molecule has 10 rings (SSSR count). The van der Waals surface area contributed by atoms with E-state index in [0.29, 0.717) is 5.92 Å². The van der Waals surface area contributed by atoms with Gasteiger partial charge in [0.05, 0.1) is 6.54 Å². The standard InChI is InChI=1S/C51H42N4O/c1-5-15-36(16-6-1)35-55-53-51(40-21-11-4-12-22-40)54(55)34-37-27-30-42(31-28-37)52-48-32-29-41(33-47(48)39-19-9-3-10-20-39)44-24-14-26-46-45-25-13-23-43(49(45)56-50(44)46)38-17-7-2-8-18-38/h1-17,19-33,38,51-53H,18,34-35H2. The van der Waals surface area contributed by atoms with Crippen molar-refractivity contribution in [1.82, 2.24) is 15.6 Å². The molecule has 1 saturated heterocycles. The molecule has 5 nitrogen and oxygen atoms in total. The molecular weight excluding hydrogens is 685 g/mol. The molecule has 1 aromatic heterocycles. The van der Waals surface area contributed by atoms with Crippen molar-refractivity contribution in [3.05, 3.63) is 216 Å². The van der Waals surface area contributed by atoms with E-state index in [1.54, 1.807) is 0 Å². The highest BCUT2D eigenvalue weighted by Gasteiger charge is 2.37. The lowest BCUT2D eigenvalue weighted by atomic mass is 9.91. The first kappa shape index (κ1) is 34.0. The van der Waals surface area contributed by atoms with Crippen LogP contribution in [0.25, 0.3) is 44.2 Å². The molecule has 272 valence electrons. The molecule has 2 unspecified atom stereocenters. The van der Waals surface area contributed by atoms with Gasteiger partial charge in [0.15, 0.2) is 0 Å². The van der Waals surface area contributed by atoms with Crippen LogP contribution in [0.5, 0.6) is 0 Å². The van der Waals surface area contributed by atoms with Crippen molar-refractivity contribution in [1.29, 1.82) is 0 Å². The minimum Gasteiger partial charge on any atom is -0.455 e. The van der Waals surface area contributed by atoms with E-state index in [2.05, 4.69) is 215 Å². The number of para-hydroxylation sites is 2. The Hall–Kier alpha value is -6.50. The Labute approximate surface area is 327 Å². The molecule has 0 bridgehead atoms. The molecule has 2 atom stereocenters. The molecule has 1 aliphatic carbocycles. The van der Waals surface area contributed by atoms with Gasteiger partial charge in [0, 0.05) is 51.3 Å². The minimum atomic E-state index is 0.114. The maximum absolute atomic E-state index is 6.83. The van der Waals surface area contributed by atoms with E-state index in [4.69, 9.17) is 4.42 Å². The number of furan rings is 1. The van der Waals surface area contributed by atoms with Crippen molar-refractivity contribution < 1.29 is 4.42 Å². The largest absolute Gasteiger partial charge is 0.455 e. The van der Waals surface area contributed by atoms with Crippen molar-refractivity contribution >= 4 is 33.3 Å². The summed E-state index contributed by atoms with van der Waals surface area (Å²) in [5, 5.41) is 10.7. The lowest BCUT2D eigenvalue weighted by molar-refractivity contribution is -0.247. The first-order chi connectivity index (χ1) is 27.7. The summed E-state index contributed by atoms with van der Waals surface area (Å²) in [5.41, 5.74) is 17.2. The van der Waals surface area contributed by atoms with Gasteiger partial charge in [-0.2, -0.15) is 5.12 Å². The zero-order valence-electron chi connectivity index (χ0n) is 31.1. The van der Waals surface area contributed by atoms with Gasteiger partial charge in [0.2, 0.25) is 0 Å². The second kappa shape index (κ2) is 15.0. The van der Waals surface area contributed by atoms with E-state index >= 15 is 0 Å². The van der Waals surface area contributed by atoms with Crippen LogP contribution in [0.2, 0.25) is 0 Å². The van der Waals surface area contributed by atoms with E-state index < -0.39 is 0 Å². The van der Waals surface area contributed by atoms with Crippen LogP contribution >= 0.6 is 0 Å². The van der Waals surface area contributed by atoms with Crippen LogP contribution in [-0.4, -0.2) is 10.1 Å². The lowest BCUT2D eigenvalue weighted by Gasteiger charge is -2.52. The average Bonchev–Trinajstić information content (AvgIpc) is 3.65. The molecule has 7 aromatic carbocycles. The molecule has 0 spiro atoms. The third kappa shape index (κ3) is 6.63. The molecule has 0 saturated carbocycles. The highest BCUT2D eigenvalue weighted by molar-refractivity contribution is 6.10. The number of rotatable bonds is 10. The summed E-state index contributed by atoms with van der Waals surface area (Å²) in [5.74, 6) is 0.310. The number of hydrazine groups is 2. The van der Waals surface area contributed by atoms with Gasteiger partial charge in [0.1, 0.15) is 17.3 Å². The first-order valence-corrected chi connectivity index (χ1v) is 19.5. The summed E-state index contributed by atoms with van der Waals surface area (Å²) in [7, 11) is 0. The maximum Gasteiger partial charge on any atom is 0.143 e. The molecule has 5 heteroatoms. The van der Waals surface area contributed by atoms with Crippen LogP contribution in [-0.2, 0) is 13.1 Å². The number of nitrogens with zero attached hydrogens (tertiary/aromatic N) is 2. The average molecular weight is 727 g/mol. The predicted molar refractivity (Wildman–Crippen MR) is 230 cm³/mol.